The maximum Gasteiger partial charge on any atom is 0.241 e. The lowest BCUT2D eigenvalue weighted by molar-refractivity contribution is -0.121. The predicted octanol–water partition coefficient (Wildman–Crippen LogP) is 6.93. The molecular weight excluding hydrogens is 368 g/mol. The Morgan fingerprint density at radius 2 is 1.79 bits per heavy atom. The number of aliphatic hydroxyl groups excluding tert-OH is 1. The van der Waals surface area contributed by atoms with Gasteiger partial charge in [-0.3, -0.25) is 4.79 Å². The van der Waals surface area contributed by atoms with Crippen LogP contribution in [0.1, 0.15) is 89.4 Å². The summed E-state index contributed by atoms with van der Waals surface area (Å²) in [5, 5.41) is 9.92. The Labute approximate surface area is 172 Å². The SMILES string of the molecule is CCCC=C(CCCCCCCCC(=O)CC(O)c1ccco1)O[Si](C)(C)C. The van der Waals surface area contributed by atoms with Crippen LogP contribution in [0, 0.1) is 0 Å². The van der Waals surface area contributed by atoms with Crippen molar-refractivity contribution in [2.24, 2.45) is 0 Å². The molecule has 1 aromatic heterocycles. The number of ketones is 1. The van der Waals surface area contributed by atoms with Crippen molar-refractivity contribution >= 4 is 14.1 Å². The van der Waals surface area contributed by atoms with E-state index in [2.05, 4.69) is 32.6 Å². The number of hydrogen-bond acceptors (Lipinski definition) is 4. The molecule has 0 aliphatic carbocycles. The number of rotatable bonds is 16. The third kappa shape index (κ3) is 12.2. The van der Waals surface area contributed by atoms with Gasteiger partial charge < -0.3 is 13.9 Å². The van der Waals surface area contributed by atoms with Gasteiger partial charge in [-0.25, -0.2) is 0 Å². The monoisotopic (exact) mass is 408 g/mol. The van der Waals surface area contributed by atoms with Gasteiger partial charge in [0.2, 0.25) is 8.32 Å². The Morgan fingerprint density at radius 1 is 1.14 bits per heavy atom. The molecule has 1 N–H and O–H groups in total. The first-order valence-electron chi connectivity index (χ1n) is 10.9. The Hall–Kier alpha value is -1.33. The lowest BCUT2D eigenvalue weighted by atomic mass is 10.0. The zero-order chi connectivity index (χ0) is 20.8. The van der Waals surface area contributed by atoms with Crippen molar-refractivity contribution in [3.8, 4) is 0 Å². The highest BCUT2D eigenvalue weighted by atomic mass is 28.4. The maximum atomic E-state index is 11.9. The average molecular weight is 409 g/mol. The summed E-state index contributed by atoms with van der Waals surface area (Å²) >= 11 is 0. The van der Waals surface area contributed by atoms with E-state index in [4.69, 9.17) is 8.84 Å². The number of carbonyl (C=O) groups is 1. The quantitative estimate of drug-likeness (QED) is 0.183. The highest BCUT2D eigenvalue weighted by Crippen LogP contribution is 2.20. The number of hydrogen-bond donors (Lipinski definition) is 1. The molecular formula is C23H40O4Si. The van der Waals surface area contributed by atoms with Crippen LogP contribution in [0.2, 0.25) is 19.6 Å². The van der Waals surface area contributed by atoms with E-state index in [1.165, 1.54) is 31.3 Å². The first kappa shape index (κ1) is 24.7. The van der Waals surface area contributed by atoms with E-state index in [9.17, 15) is 9.90 Å². The molecule has 0 fully saturated rings. The normalized spacial score (nSPS) is 13.5. The molecule has 1 rings (SSSR count). The van der Waals surface area contributed by atoms with Crippen molar-refractivity contribution in [3.63, 3.8) is 0 Å². The van der Waals surface area contributed by atoms with Gasteiger partial charge in [0, 0.05) is 19.3 Å². The number of allylic oxidation sites excluding steroid dienone is 2. The van der Waals surface area contributed by atoms with Crippen LogP contribution in [0.5, 0.6) is 0 Å². The fraction of sp³-hybridized carbons (Fsp3) is 0.696. The van der Waals surface area contributed by atoms with Crippen LogP contribution in [-0.2, 0) is 9.22 Å². The second-order valence-electron chi connectivity index (χ2n) is 8.57. The Kier molecular flexibility index (Phi) is 12.2. The zero-order valence-electron chi connectivity index (χ0n) is 18.3. The summed E-state index contributed by atoms with van der Waals surface area (Å²) in [7, 11) is -1.52. The van der Waals surface area contributed by atoms with E-state index in [0.717, 1.165) is 38.5 Å². The van der Waals surface area contributed by atoms with E-state index < -0.39 is 14.4 Å². The molecule has 1 unspecified atom stereocenters. The molecule has 0 spiro atoms. The van der Waals surface area contributed by atoms with Crippen molar-refractivity contribution in [2.75, 3.05) is 0 Å². The first-order valence-corrected chi connectivity index (χ1v) is 14.3. The smallest absolute Gasteiger partial charge is 0.241 e. The minimum Gasteiger partial charge on any atom is -0.548 e. The van der Waals surface area contributed by atoms with Gasteiger partial charge in [-0.1, -0.05) is 39.0 Å². The predicted molar refractivity (Wildman–Crippen MR) is 118 cm³/mol. The number of Topliss-reactive ketones (excluding diaryl/α,β-unsaturated/α-hetero) is 1. The van der Waals surface area contributed by atoms with Gasteiger partial charge in [0.15, 0.2) is 0 Å². The third-order valence-corrected chi connectivity index (χ3v) is 5.39. The Morgan fingerprint density at radius 3 is 2.36 bits per heavy atom. The minimum atomic E-state index is -1.52. The first-order chi connectivity index (χ1) is 13.3. The van der Waals surface area contributed by atoms with E-state index >= 15 is 0 Å². The van der Waals surface area contributed by atoms with Crippen LogP contribution in [0.25, 0.3) is 0 Å². The molecule has 5 heteroatoms. The molecule has 0 aromatic carbocycles. The van der Waals surface area contributed by atoms with Crippen LogP contribution in [-0.4, -0.2) is 19.2 Å². The summed E-state index contributed by atoms with van der Waals surface area (Å²) in [6.07, 6.45) is 13.7. The maximum absolute atomic E-state index is 11.9. The largest absolute Gasteiger partial charge is 0.548 e. The van der Waals surface area contributed by atoms with Gasteiger partial charge in [-0.2, -0.15) is 0 Å². The summed E-state index contributed by atoms with van der Waals surface area (Å²) in [6, 6.07) is 3.43. The van der Waals surface area contributed by atoms with Gasteiger partial charge in [-0.15, -0.1) is 0 Å². The van der Waals surface area contributed by atoms with E-state index in [-0.39, 0.29) is 12.2 Å². The van der Waals surface area contributed by atoms with E-state index in [1.54, 1.807) is 12.1 Å². The highest BCUT2D eigenvalue weighted by Gasteiger charge is 2.17. The van der Waals surface area contributed by atoms with Crippen LogP contribution in [0.15, 0.2) is 34.6 Å². The number of furan rings is 1. The lowest BCUT2D eigenvalue weighted by Gasteiger charge is -2.22. The molecule has 0 saturated carbocycles. The van der Waals surface area contributed by atoms with Crippen LogP contribution < -0.4 is 0 Å². The summed E-state index contributed by atoms with van der Waals surface area (Å²) in [5.74, 6) is 1.78. The van der Waals surface area contributed by atoms with E-state index in [1.807, 2.05) is 0 Å². The average Bonchev–Trinajstić information content (AvgIpc) is 3.15. The molecule has 0 aliphatic rings. The van der Waals surface area contributed by atoms with Crippen molar-refractivity contribution in [2.45, 2.75) is 103 Å². The number of unbranched alkanes of at least 4 members (excludes halogenated alkanes) is 6. The molecule has 0 bridgehead atoms. The lowest BCUT2D eigenvalue weighted by Crippen LogP contribution is -2.24. The Balaban J connectivity index is 2.08. The standard InChI is InChI=1S/C23H40O4Si/c1-5-6-15-21(27-28(2,3)4)16-12-10-8-7-9-11-14-20(24)19-22(25)23-17-13-18-26-23/h13,15,17-18,22,25H,5-12,14,16,19H2,1-4H3. The van der Waals surface area contributed by atoms with Gasteiger partial charge in [0.25, 0.3) is 0 Å². The van der Waals surface area contributed by atoms with Crippen molar-refractivity contribution in [3.05, 3.63) is 36.0 Å². The minimum absolute atomic E-state index is 0.109. The molecule has 1 aromatic rings. The molecule has 1 atom stereocenters. The fourth-order valence-electron chi connectivity index (χ4n) is 3.12. The van der Waals surface area contributed by atoms with Crippen molar-refractivity contribution in [1.29, 1.82) is 0 Å². The molecule has 160 valence electrons. The van der Waals surface area contributed by atoms with Gasteiger partial charge in [-0.05, 0) is 57.1 Å². The van der Waals surface area contributed by atoms with E-state index in [0.29, 0.717) is 12.2 Å². The number of aliphatic hydroxyl groups is 1. The summed E-state index contributed by atoms with van der Waals surface area (Å²) in [4.78, 5) is 11.9. The van der Waals surface area contributed by atoms with Gasteiger partial charge in [0.1, 0.15) is 17.6 Å². The molecule has 0 amide bonds. The van der Waals surface area contributed by atoms with Gasteiger partial charge >= 0.3 is 0 Å². The molecule has 0 aliphatic heterocycles. The second kappa shape index (κ2) is 13.8. The Bertz CT molecular complexity index is 558. The number of carbonyl (C=O) groups excluding carboxylic acids is 1. The molecule has 28 heavy (non-hydrogen) atoms. The molecule has 1 heterocycles. The topological polar surface area (TPSA) is 59.7 Å². The second-order valence-corrected chi connectivity index (χ2v) is 13.0. The van der Waals surface area contributed by atoms with Crippen LogP contribution in [0.3, 0.4) is 0 Å². The third-order valence-electron chi connectivity index (χ3n) is 4.52. The van der Waals surface area contributed by atoms with Crippen LogP contribution >= 0.6 is 0 Å². The van der Waals surface area contributed by atoms with Gasteiger partial charge in [0.05, 0.1) is 12.0 Å². The molecule has 0 saturated heterocycles. The molecule has 0 radical (unpaired) electrons. The van der Waals surface area contributed by atoms with Crippen molar-refractivity contribution < 1.29 is 18.7 Å². The highest BCUT2D eigenvalue weighted by molar-refractivity contribution is 6.70. The van der Waals surface area contributed by atoms with Crippen molar-refractivity contribution in [1.82, 2.24) is 0 Å². The van der Waals surface area contributed by atoms with Crippen LogP contribution in [0.4, 0.5) is 0 Å². The fourth-order valence-corrected chi connectivity index (χ4v) is 4.09. The summed E-state index contributed by atoms with van der Waals surface area (Å²) < 4.78 is 11.3. The zero-order valence-corrected chi connectivity index (χ0v) is 19.3. The summed E-state index contributed by atoms with van der Waals surface area (Å²) in [6.45, 7) is 8.91. The molecule has 4 nitrogen and oxygen atoms in total. The summed E-state index contributed by atoms with van der Waals surface area (Å²) in [5.41, 5.74) is 0.